The Bertz CT molecular complexity index is 465. The standard InChI is InChI=1S/C11H13BrO2S/c1-8(12)9-6-7-15(13,14)11-5-3-2-4-10(9)11/h2-5,8-9H,6-7H2,1H3. The number of sulfone groups is 1. The van der Waals surface area contributed by atoms with Crippen LogP contribution in [0.15, 0.2) is 29.2 Å². The minimum atomic E-state index is -3.03. The largest absolute Gasteiger partial charge is 0.224 e. The molecule has 1 aromatic carbocycles. The average Bonchev–Trinajstić information content (AvgIpc) is 2.17. The summed E-state index contributed by atoms with van der Waals surface area (Å²) in [4.78, 5) is 0.835. The van der Waals surface area contributed by atoms with Crippen molar-refractivity contribution in [1.82, 2.24) is 0 Å². The maximum atomic E-state index is 11.8. The number of fused-ring (bicyclic) bond motifs is 1. The van der Waals surface area contributed by atoms with E-state index in [0.717, 1.165) is 5.56 Å². The molecular weight excluding hydrogens is 276 g/mol. The SMILES string of the molecule is CC(Br)C1CCS(=O)(=O)c2ccccc21. The Hall–Kier alpha value is -0.350. The molecule has 2 atom stereocenters. The lowest BCUT2D eigenvalue weighted by molar-refractivity contribution is 0.563. The van der Waals surface area contributed by atoms with Crippen LogP contribution in [0, 0.1) is 0 Å². The van der Waals surface area contributed by atoms with Crippen molar-refractivity contribution in [3.8, 4) is 0 Å². The molecule has 2 rings (SSSR count). The predicted molar refractivity (Wildman–Crippen MR) is 64.2 cm³/mol. The van der Waals surface area contributed by atoms with Crippen molar-refractivity contribution < 1.29 is 8.42 Å². The minimum absolute atomic E-state index is 0.268. The summed E-state index contributed by atoms with van der Waals surface area (Å²) in [6, 6.07) is 7.33. The summed E-state index contributed by atoms with van der Waals surface area (Å²) in [6.07, 6.45) is 0.714. The first-order chi connectivity index (χ1) is 7.02. The van der Waals surface area contributed by atoms with Crippen LogP contribution in [-0.2, 0) is 9.84 Å². The van der Waals surface area contributed by atoms with E-state index in [0.29, 0.717) is 22.1 Å². The topological polar surface area (TPSA) is 34.1 Å². The second-order valence-electron chi connectivity index (χ2n) is 3.93. The monoisotopic (exact) mass is 288 g/mol. The van der Waals surface area contributed by atoms with Crippen molar-refractivity contribution >= 4 is 25.8 Å². The van der Waals surface area contributed by atoms with E-state index in [1.165, 1.54) is 0 Å². The highest BCUT2D eigenvalue weighted by atomic mass is 79.9. The van der Waals surface area contributed by atoms with Gasteiger partial charge < -0.3 is 0 Å². The predicted octanol–water partition coefficient (Wildman–Crippen LogP) is 2.73. The van der Waals surface area contributed by atoms with Crippen molar-refractivity contribution in [3.63, 3.8) is 0 Å². The second-order valence-corrected chi connectivity index (χ2v) is 7.45. The molecule has 0 fully saturated rings. The summed E-state index contributed by atoms with van der Waals surface area (Å²) in [6.45, 7) is 2.07. The van der Waals surface area contributed by atoms with Gasteiger partial charge in [0.15, 0.2) is 9.84 Å². The van der Waals surface area contributed by atoms with Gasteiger partial charge in [0, 0.05) is 4.83 Å². The maximum absolute atomic E-state index is 11.8. The summed E-state index contributed by atoms with van der Waals surface area (Å²) in [5, 5.41) is 0. The first-order valence-corrected chi connectivity index (χ1v) is 7.55. The molecule has 1 heterocycles. The number of rotatable bonds is 1. The molecule has 0 radical (unpaired) electrons. The molecule has 0 N–H and O–H groups in total. The first kappa shape index (κ1) is 11.1. The Morgan fingerprint density at radius 2 is 2.07 bits per heavy atom. The van der Waals surface area contributed by atoms with Gasteiger partial charge in [0.25, 0.3) is 0 Å². The van der Waals surface area contributed by atoms with Gasteiger partial charge in [-0.2, -0.15) is 0 Å². The minimum Gasteiger partial charge on any atom is -0.224 e. The molecule has 0 bridgehead atoms. The molecule has 4 heteroatoms. The van der Waals surface area contributed by atoms with Crippen LogP contribution in [0.4, 0.5) is 0 Å². The average molecular weight is 289 g/mol. The van der Waals surface area contributed by atoms with Crippen molar-refractivity contribution in [2.75, 3.05) is 5.75 Å². The van der Waals surface area contributed by atoms with Gasteiger partial charge in [-0.05, 0) is 24.0 Å². The van der Waals surface area contributed by atoms with E-state index in [1.807, 2.05) is 12.1 Å². The van der Waals surface area contributed by atoms with E-state index >= 15 is 0 Å². The van der Waals surface area contributed by atoms with Crippen LogP contribution in [-0.4, -0.2) is 19.0 Å². The fraction of sp³-hybridized carbons (Fsp3) is 0.455. The van der Waals surface area contributed by atoms with E-state index in [1.54, 1.807) is 12.1 Å². The molecule has 1 aliphatic heterocycles. The van der Waals surface area contributed by atoms with Crippen LogP contribution < -0.4 is 0 Å². The van der Waals surface area contributed by atoms with Gasteiger partial charge in [-0.3, -0.25) is 0 Å². The molecule has 82 valence electrons. The van der Waals surface area contributed by atoms with Gasteiger partial charge in [-0.15, -0.1) is 0 Å². The van der Waals surface area contributed by atoms with E-state index < -0.39 is 9.84 Å². The van der Waals surface area contributed by atoms with E-state index in [-0.39, 0.29) is 5.75 Å². The quantitative estimate of drug-likeness (QED) is 0.745. The maximum Gasteiger partial charge on any atom is 0.178 e. The smallest absolute Gasteiger partial charge is 0.178 e. The van der Waals surface area contributed by atoms with Crippen LogP contribution in [0.3, 0.4) is 0 Å². The van der Waals surface area contributed by atoms with E-state index in [9.17, 15) is 8.42 Å². The van der Waals surface area contributed by atoms with Crippen molar-refractivity contribution in [1.29, 1.82) is 0 Å². The Morgan fingerprint density at radius 1 is 1.40 bits per heavy atom. The number of benzene rings is 1. The highest BCUT2D eigenvalue weighted by Crippen LogP contribution is 2.37. The van der Waals surface area contributed by atoms with Gasteiger partial charge in [-0.1, -0.05) is 41.1 Å². The number of hydrogen-bond donors (Lipinski definition) is 0. The van der Waals surface area contributed by atoms with Crippen molar-refractivity contribution in [2.45, 2.75) is 29.0 Å². The highest BCUT2D eigenvalue weighted by molar-refractivity contribution is 9.09. The molecule has 0 aliphatic carbocycles. The third-order valence-electron chi connectivity index (χ3n) is 2.91. The Labute approximate surface area is 98.7 Å². The third-order valence-corrected chi connectivity index (χ3v) is 5.36. The van der Waals surface area contributed by atoms with Crippen LogP contribution in [0.5, 0.6) is 0 Å². The zero-order chi connectivity index (χ0) is 11.1. The number of halogens is 1. The summed E-state index contributed by atoms with van der Waals surface area (Å²) >= 11 is 3.55. The molecule has 2 nitrogen and oxygen atoms in total. The molecule has 15 heavy (non-hydrogen) atoms. The normalized spacial score (nSPS) is 25.6. The van der Waals surface area contributed by atoms with Crippen LogP contribution in [0.2, 0.25) is 0 Å². The van der Waals surface area contributed by atoms with Gasteiger partial charge in [0.1, 0.15) is 0 Å². The Balaban J connectivity index is 2.59. The molecular formula is C11H13BrO2S. The lowest BCUT2D eigenvalue weighted by Gasteiger charge is -2.27. The zero-order valence-electron chi connectivity index (χ0n) is 8.48. The number of hydrogen-bond acceptors (Lipinski definition) is 2. The molecule has 0 aromatic heterocycles. The fourth-order valence-electron chi connectivity index (χ4n) is 2.09. The van der Waals surface area contributed by atoms with Crippen LogP contribution in [0.1, 0.15) is 24.8 Å². The second kappa shape index (κ2) is 3.91. The summed E-state index contributed by atoms with van der Waals surface area (Å²) in [7, 11) is -3.03. The first-order valence-electron chi connectivity index (χ1n) is 4.98. The molecule has 1 aliphatic rings. The van der Waals surface area contributed by atoms with Crippen LogP contribution >= 0.6 is 15.9 Å². The molecule has 0 spiro atoms. The Kier molecular flexibility index (Phi) is 2.90. The van der Waals surface area contributed by atoms with Gasteiger partial charge >= 0.3 is 0 Å². The lowest BCUT2D eigenvalue weighted by Crippen LogP contribution is -2.23. The van der Waals surface area contributed by atoms with Gasteiger partial charge in [0.05, 0.1) is 10.6 Å². The van der Waals surface area contributed by atoms with Crippen LogP contribution in [0.25, 0.3) is 0 Å². The van der Waals surface area contributed by atoms with Gasteiger partial charge in [-0.25, -0.2) is 8.42 Å². The molecule has 0 amide bonds. The van der Waals surface area contributed by atoms with Crippen molar-refractivity contribution in [3.05, 3.63) is 29.8 Å². The number of alkyl halides is 1. The summed E-state index contributed by atoms with van der Waals surface area (Å²) in [5.41, 5.74) is 0.966. The summed E-state index contributed by atoms with van der Waals surface area (Å²) in [5.74, 6) is 0.578. The van der Waals surface area contributed by atoms with Crippen molar-refractivity contribution in [2.24, 2.45) is 0 Å². The molecule has 0 saturated heterocycles. The molecule has 0 saturated carbocycles. The fourth-order valence-corrected chi connectivity index (χ4v) is 4.29. The van der Waals surface area contributed by atoms with E-state index in [4.69, 9.17) is 0 Å². The lowest BCUT2D eigenvalue weighted by atomic mass is 9.93. The molecule has 1 aromatic rings. The van der Waals surface area contributed by atoms with Gasteiger partial charge in [0.2, 0.25) is 0 Å². The molecule has 2 unspecified atom stereocenters. The summed E-state index contributed by atoms with van der Waals surface area (Å²) < 4.78 is 23.7. The Morgan fingerprint density at radius 3 is 2.73 bits per heavy atom. The third kappa shape index (κ3) is 1.97. The van der Waals surface area contributed by atoms with E-state index in [2.05, 4.69) is 22.9 Å². The highest BCUT2D eigenvalue weighted by Gasteiger charge is 2.31. The zero-order valence-corrected chi connectivity index (χ0v) is 10.9.